The summed E-state index contributed by atoms with van der Waals surface area (Å²) in [6.45, 7) is 4.50. The molecule has 102 valence electrons. The predicted octanol–water partition coefficient (Wildman–Crippen LogP) is 0.729. The van der Waals surface area contributed by atoms with E-state index in [1.807, 2.05) is 0 Å². The van der Waals surface area contributed by atoms with Gasteiger partial charge < -0.3 is 10.6 Å². The summed E-state index contributed by atoms with van der Waals surface area (Å²) in [5.74, 6) is 0.992. The van der Waals surface area contributed by atoms with Crippen molar-refractivity contribution in [2.75, 3.05) is 26.2 Å². The molecule has 2 heterocycles. The molecule has 2 N–H and O–H groups in total. The molecule has 0 bridgehead atoms. The fraction of sp³-hybridized carbons (Fsp3) is 0.929. The Labute approximate surface area is 109 Å². The van der Waals surface area contributed by atoms with Crippen molar-refractivity contribution in [3.63, 3.8) is 0 Å². The Morgan fingerprint density at radius 2 is 2.17 bits per heavy atom. The largest absolute Gasteiger partial charge is 0.352 e. The van der Waals surface area contributed by atoms with Crippen LogP contribution >= 0.6 is 0 Å². The third kappa shape index (κ3) is 3.23. The molecule has 3 fully saturated rings. The van der Waals surface area contributed by atoms with Gasteiger partial charge in [-0.05, 0) is 51.1 Å². The number of hydrogen-bond donors (Lipinski definition) is 2. The number of hydrogen-bond acceptors (Lipinski definition) is 3. The topological polar surface area (TPSA) is 44.4 Å². The zero-order valence-corrected chi connectivity index (χ0v) is 11.2. The zero-order valence-electron chi connectivity index (χ0n) is 11.2. The SMILES string of the molecule is O=C(CCC1CCNC1)NC1CCN(C2CC2)C1. The monoisotopic (exact) mass is 251 g/mol. The summed E-state index contributed by atoms with van der Waals surface area (Å²) < 4.78 is 0. The predicted molar refractivity (Wildman–Crippen MR) is 71.4 cm³/mol. The summed E-state index contributed by atoms with van der Waals surface area (Å²) >= 11 is 0. The van der Waals surface area contributed by atoms with Gasteiger partial charge in [0, 0.05) is 31.6 Å². The Balaban J connectivity index is 1.33. The van der Waals surface area contributed by atoms with Gasteiger partial charge in [0.2, 0.25) is 5.91 Å². The molecule has 0 spiro atoms. The Hall–Kier alpha value is -0.610. The molecule has 0 radical (unpaired) electrons. The number of carbonyl (C=O) groups excluding carboxylic acids is 1. The number of nitrogens with zero attached hydrogens (tertiary/aromatic N) is 1. The normalized spacial score (nSPS) is 32.9. The van der Waals surface area contributed by atoms with Crippen LogP contribution in [0.1, 0.15) is 38.5 Å². The van der Waals surface area contributed by atoms with Crippen LogP contribution in [0.5, 0.6) is 0 Å². The molecule has 3 rings (SSSR count). The standard InChI is InChI=1S/C14H25N3O/c18-14(4-1-11-5-7-15-9-11)16-12-6-8-17(10-12)13-2-3-13/h11-13,15H,1-10H2,(H,16,18). The number of nitrogens with one attached hydrogen (secondary N) is 2. The highest BCUT2D eigenvalue weighted by Gasteiger charge is 2.34. The van der Waals surface area contributed by atoms with Crippen LogP contribution in [0, 0.1) is 5.92 Å². The van der Waals surface area contributed by atoms with Crippen LogP contribution < -0.4 is 10.6 Å². The lowest BCUT2D eigenvalue weighted by Gasteiger charge is -2.16. The second-order valence-electron chi connectivity index (χ2n) is 6.18. The third-order valence-corrected chi connectivity index (χ3v) is 4.59. The van der Waals surface area contributed by atoms with E-state index in [2.05, 4.69) is 15.5 Å². The highest BCUT2D eigenvalue weighted by atomic mass is 16.1. The van der Waals surface area contributed by atoms with E-state index in [9.17, 15) is 4.79 Å². The fourth-order valence-electron chi connectivity index (χ4n) is 3.27. The van der Waals surface area contributed by atoms with Gasteiger partial charge in [0.05, 0.1) is 0 Å². The zero-order chi connectivity index (χ0) is 12.4. The van der Waals surface area contributed by atoms with Crippen molar-refractivity contribution in [2.45, 2.75) is 50.6 Å². The number of amides is 1. The molecule has 4 heteroatoms. The molecule has 2 atom stereocenters. The first kappa shape index (κ1) is 12.4. The molecule has 3 aliphatic rings. The van der Waals surface area contributed by atoms with Gasteiger partial charge in [-0.1, -0.05) is 0 Å². The third-order valence-electron chi connectivity index (χ3n) is 4.59. The molecule has 1 amide bonds. The maximum atomic E-state index is 11.9. The molecule has 2 aliphatic heterocycles. The smallest absolute Gasteiger partial charge is 0.220 e. The van der Waals surface area contributed by atoms with Gasteiger partial charge in [0.15, 0.2) is 0 Å². The molecule has 4 nitrogen and oxygen atoms in total. The first-order valence-corrected chi connectivity index (χ1v) is 7.55. The first-order valence-electron chi connectivity index (χ1n) is 7.55. The maximum Gasteiger partial charge on any atom is 0.220 e. The Bertz CT molecular complexity index is 297. The molecule has 18 heavy (non-hydrogen) atoms. The van der Waals surface area contributed by atoms with Crippen molar-refractivity contribution in [2.24, 2.45) is 5.92 Å². The van der Waals surface area contributed by atoms with Gasteiger partial charge in [-0.15, -0.1) is 0 Å². The minimum Gasteiger partial charge on any atom is -0.352 e. The lowest BCUT2D eigenvalue weighted by Crippen LogP contribution is -2.37. The van der Waals surface area contributed by atoms with E-state index >= 15 is 0 Å². The summed E-state index contributed by atoms with van der Waals surface area (Å²) in [5.41, 5.74) is 0. The van der Waals surface area contributed by atoms with Gasteiger partial charge >= 0.3 is 0 Å². The van der Waals surface area contributed by atoms with Gasteiger partial charge in [-0.3, -0.25) is 9.69 Å². The molecule has 0 aromatic heterocycles. The van der Waals surface area contributed by atoms with Gasteiger partial charge in [-0.25, -0.2) is 0 Å². The van der Waals surface area contributed by atoms with Gasteiger partial charge in [0.25, 0.3) is 0 Å². The van der Waals surface area contributed by atoms with Crippen molar-refractivity contribution in [3.05, 3.63) is 0 Å². The highest BCUT2D eigenvalue weighted by Crippen LogP contribution is 2.29. The van der Waals surface area contributed by atoms with E-state index in [0.717, 1.165) is 44.4 Å². The van der Waals surface area contributed by atoms with Crippen molar-refractivity contribution in [3.8, 4) is 0 Å². The van der Waals surface area contributed by atoms with Crippen LogP contribution in [0.15, 0.2) is 0 Å². The van der Waals surface area contributed by atoms with Crippen LogP contribution in [0.3, 0.4) is 0 Å². The summed E-state index contributed by atoms with van der Waals surface area (Å²) in [6, 6.07) is 1.26. The summed E-state index contributed by atoms with van der Waals surface area (Å²) in [5, 5.41) is 6.57. The van der Waals surface area contributed by atoms with Crippen molar-refractivity contribution in [1.29, 1.82) is 0 Å². The maximum absolute atomic E-state index is 11.9. The van der Waals surface area contributed by atoms with Crippen molar-refractivity contribution < 1.29 is 4.79 Å². The van der Waals surface area contributed by atoms with E-state index in [1.165, 1.54) is 25.8 Å². The Morgan fingerprint density at radius 1 is 1.28 bits per heavy atom. The molecule has 0 aromatic rings. The Morgan fingerprint density at radius 3 is 2.89 bits per heavy atom. The molecular weight excluding hydrogens is 226 g/mol. The molecule has 2 saturated heterocycles. The van der Waals surface area contributed by atoms with Crippen molar-refractivity contribution in [1.82, 2.24) is 15.5 Å². The van der Waals surface area contributed by atoms with E-state index in [1.54, 1.807) is 0 Å². The van der Waals surface area contributed by atoms with Crippen LogP contribution in [-0.2, 0) is 4.79 Å². The summed E-state index contributed by atoms with van der Waals surface area (Å²) in [7, 11) is 0. The van der Waals surface area contributed by atoms with E-state index in [4.69, 9.17) is 0 Å². The lowest BCUT2D eigenvalue weighted by atomic mass is 10.0. The van der Waals surface area contributed by atoms with Crippen LogP contribution in [0.4, 0.5) is 0 Å². The highest BCUT2D eigenvalue weighted by molar-refractivity contribution is 5.76. The second kappa shape index (κ2) is 5.57. The number of rotatable bonds is 5. The average Bonchev–Trinajstić information content (AvgIpc) is 2.90. The molecule has 1 aliphatic carbocycles. The fourth-order valence-corrected chi connectivity index (χ4v) is 3.27. The Kier molecular flexibility index (Phi) is 3.85. The molecule has 2 unspecified atom stereocenters. The second-order valence-corrected chi connectivity index (χ2v) is 6.18. The average molecular weight is 251 g/mol. The van der Waals surface area contributed by atoms with E-state index < -0.39 is 0 Å². The lowest BCUT2D eigenvalue weighted by molar-refractivity contribution is -0.122. The molecular formula is C14H25N3O. The van der Waals surface area contributed by atoms with Gasteiger partial charge in [0.1, 0.15) is 0 Å². The quantitative estimate of drug-likeness (QED) is 0.757. The number of likely N-dealkylation sites (tertiary alicyclic amines) is 1. The van der Waals surface area contributed by atoms with Gasteiger partial charge in [-0.2, -0.15) is 0 Å². The molecule has 0 aromatic carbocycles. The minimum atomic E-state index is 0.268. The van der Waals surface area contributed by atoms with Crippen molar-refractivity contribution >= 4 is 5.91 Å². The van der Waals surface area contributed by atoms with Crippen LogP contribution in [-0.4, -0.2) is 49.1 Å². The number of carbonyl (C=O) groups is 1. The summed E-state index contributed by atoms with van der Waals surface area (Å²) in [4.78, 5) is 14.4. The summed E-state index contributed by atoms with van der Waals surface area (Å²) in [6.07, 6.45) is 6.90. The van der Waals surface area contributed by atoms with E-state index in [0.29, 0.717) is 12.5 Å². The molecule has 1 saturated carbocycles. The first-order chi connectivity index (χ1) is 8.81. The minimum absolute atomic E-state index is 0.268. The van der Waals surface area contributed by atoms with Crippen LogP contribution in [0.2, 0.25) is 0 Å². The van der Waals surface area contributed by atoms with E-state index in [-0.39, 0.29) is 5.91 Å². The van der Waals surface area contributed by atoms with Crippen LogP contribution in [0.25, 0.3) is 0 Å².